The summed E-state index contributed by atoms with van der Waals surface area (Å²) in [5.74, 6) is -3.43. The number of fused-ring (bicyclic) bond motifs is 1. The number of nitrogens with zero attached hydrogens (tertiary/aromatic N) is 1. The molecule has 0 fully saturated rings. The number of benzene rings is 2. The molecule has 144 valence electrons. The third-order valence-electron chi connectivity index (χ3n) is 4.15. The highest BCUT2D eigenvalue weighted by Gasteiger charge is 2.27. The van der Waals surface area contributed by atoms with E-state index in [4.69, 9.17) is 9.68 Å². The van der Waals surface area contributed by atoms with E-state index in [1.165, 1.54) is 6.08 Å². The van der Waals surface area contributed by atoms with Gasteiger partial charge in [-0.25, -0.2) is 0 Å². The number of carbonyl (C=O) groups is 3. The zero-order valence-electron chi connectivity index (χ0n) is 15.3. The number of hydrogen-bond donors (Lipinski definition) is 1. The van der Waals surface area contributed by atoms with Crippen LogP contribution in [0.25, 0.3) is 17.0 Å². The van der Waals surface area contributed by atoms with Crippen molar-refractivity contribution in [3.63, 3.8) is 0 Å². The molecule has 1 heterocycles. The third kappa shape index (κ3) is 4.50. The molecule has 0 saturated carbocycles. The Labute approximate surface area is 174 Å². The number of hydrogen-bond acceptors (Lipinski definition) is 5. The van der Waals surface area contributed by atoms with Gasteiger partial charge >= 0.3 is 0 Å². The smallest absolute Gasteiger partial charge is 0.249 e. The lowest BCUT2D eigenvalue weighted by molar-refractivity contribution is -0.127. The number of amides is 1. The van der Waals surface area contributed by atoms with E-state index in [-0.39, 0.29) is 11.4 Å². The summed E-state index contributed by atoms with van der Waals surface area (Å²) in [7, 11) is 0. The minimum Gasteiger partial charge on any atom is -0.450 e. The Hall–Kier alpha value is -3.50. The van der Waals surface area contributed by atoms with E-state index in [1.54, 1.807) is 30.3 Å². The first kappa shape index (κ1) is 20.2. The Morgan fingerprint density at radius 3 is 2.55 bits per heavy atom. The maximum Gasteiger partial charge on any atom is 0.249 e. The molecule has 3 aromatic rings. The van der Waals surface area contributed by atoms with Crippen molar-refractivity contribution in [2.75, 3.05) is 5.32 Å². The molecular weight excluding hydrogens is 436 g/mol. The average Bonchev–Trinajstić information content (AvgIpc) is 3.05. The zero-order valence-corrected chi connectivity index (χ0v) is 16.9. The van der Waals surface area contributed by atoms with E-state index in [0.717, 1.165) is 12.5 Å². The predicted octanol–water partition coefficient (Wildman–Crippen LogP) is 4.76. The van der Waals surface area contributed by atoms with Gasteiger partial charge in [0.15, 0.2) is 17.5 Å². The first-order valence-electron chi connectivity index (χ1n) is 8.61. The van der Waals surface area contributed by atoms with Gasteiger partial charge < -0.3 is 9.73 Å². The van der Waals surface area contributed by atoms with Crippen LogP contribution in [0.4, 0.5) is 5.69 Å². The van der Waals surface area contributed by atoms with Crippen LogP contribution in [0.2, 0.25) is 0 Å². The Kier molecular flexibility index (Phi) is 6.05. The Morgan fingerprint density at radius 1 is 1.17 bits per heavy atom. The summed E-state index contributed by atoms with van der Waals surface area (Å²) in [5.41, 5.74) is 1.33. The van der Waals surface area contributed by atoms with Gasteiger partial charge in [-0.15, -0.1) is 0 Å². The minimum atomic E-state index is -1.48. The molecule has 0 bridgehead atoms. The number of rotatable bonds is 6. The summed E-state index contributed by atoms with van der Waals surface area (Å²) < 4.78 is 6.39. The molecule has 1 amide bonds. The monoisotopic (exact) mass is 450 g/mol. The van der Waals surface area contributed by atoms with E-state index < -0.39 is 23.4 Å². The summed E-state index contributed by atoms with van der Waals surface area (Å²) in [4.78, 5) is 36.7. The first-order valence-corrected chi connectivity index (χ1v) is 9.40. The van der Waals surface area contributed by atoms with Gasteiger partial charge in [0.1, 0.15) is 5.58 Å². The molecule has 0 radical (unpaired) electrons. The highest BCUT2D eigenvalue weighted by Crippen LogP contribution is 2.34. The van der Waals surface area contributed by atoms with Crippen molar-refractivity contribution in [1.82, 2.24) is 0 Å². The van der Waals surface area contributed by atoms with Gasteiger partial charge in [-0.3, -0.25) is 14.4 Å². The fourth-order valence-corrected chi connectivity index (χ4v) is 3.07. The topological polar surface area (TPSA) is 100 Å². The summed E-state index contributed by atoms with van der Waals surface area (Å²) >= 11 is 3.35. The molecule has 0 aliphatic heterocycles. The number of halogens is 1. The molecule has 1 aromatic heterocycles. The van der Waals surface area contributed by atoms with Crippen LogP contribution in [0.5, 0.6) is 0 Å². The summed E-state index contributed by atoms with van der Waals surface area (Å²) in [5, 5.41) is 12.1. The number of anilines is 1. The van der Waals surface area contributed by atoms with Crippen LogP contribution in [0, 0.1) is 17.2 Å². The maximum absolute atomic E-state index is 12.8. The van der Waals surface area contributed by atoms with Crippen LogP contribution in [0.15, 0.2) is 63.5 Å². The van der Waals surface area contributed by atoms with Gasteiger partial charge in [-0.1, -0.05) is 52.3 Å². The Morgan fingerprint density at radius 2 is 1.90 bits per heavy atom. The van der Waals surface area contributed by atoms with Crippen LogP contribution in [-0.4, -0.2) is 17.5 Å². The van der Waals surface area contributed by atoms with Gasteiger partial charge in [-0.2, -0.15) is 5.26 Å². The molecule has 1 N–H and O–H groups in total. The lowest BCUT2D eigenvalue weighted by Crippen LogP contribution is -2.27. The molecule has 0 spiro atoms. The summed E-state index contributed by atoms with van der Waals surface area (Å²) in [6, 6.07) is 16.0. The van der Waals surface area contributed by atoms with Crippen LogP contribution in [-0.2, 0) is 9.59 Å². The summed E-state index contributed by atoms with van der Waals surface area (Å²) in [6.45, 7) is 1.16. The maximum atomic E-state index is 12.8. The quantitative estimate of drug-likeness (QED) is 0.331. The lowest BCUT2D eigenvalue weighted by Gasteiger charge is -2.07. The minimum absolute atomic E-state index is 0.0844. The van der Waals surface area contributed by atoms with Gasteiger partial charge in [0.05, 0.1) is 11.8 Å². The molecule has 0 aliphatic carbocycles. The molecule has 3 rings (SSSR count). The third-order valence-corrected chi connectivity index (χ3v) is 4.64. The Balaban J connectivity index is 2.02. The van der Waals surface area contributed by atoms with Gasteiger partial charge in [0, 0.05) is 9.86 Å². The summed E-state index contributed by atoms with van der Waals surface area (Å²) in [6.07, 6.45) is 2.97. The number of furan rings is 1. The van der Waals surface area contributed by atoms with Crippen molar-refractivity contribution in [2.45, 2.75) is 6.92 Å². The van der Waals surface area contributed by atoms with Gasteiger partial charge in [0.2, 0.25) is 11.7 Å². The van der Waals surface area contributed by atoms with E-state index in [2.05, 4.69) is 21.2 Å². The molecule has 0 aliphatic rings. The lowest BCUT2D eigenvalue weighted by atomic mass is 10.1. The molecule has 6 nitrogen and oxygen atoms in total. The molecular formula is C22H15BrN2O4. The van der Waals surface area contributed by atoms with Crippen molar-refractivity contribution >= 4 is 56.1 Å². The van der Waals surface area contributed by atoms with Crippen LogP contribution >= 0.6 is 15.9 Å². The zero-order chi connectivity index (χ0) is 21.0. The van der Waals surface area contributed by atoms with Gasteiger partial charge in [0.25, 0.3) is 0 Å². The van der Waals surface area contributed by atoms with Crippen LogP contribution in [0.3, 0.4) is 0 Å². The van der Waals surface area contributed by atoms with Crippen molar-refractivity contribution in [3.05, 3.63) is 70.4 Å². The van der Waals surface area contributed by atoms with E-state index in [0.29, 0.717) is 15.4 Å². The molecule has 29 heavy (non-hydrogen) atoms. The second-order valence-electron chi connectivity index (χ2n) is 6.22. The number of Topliss-reactive ketones (excluding diaryl/α,β-unsaturated/α-hetero) is 1. The largest absolute Gasteiger partial charge is 0.450 e. The predicted molar refractivity (Wildman–Crippen MR) is 112 cm³/mol. The molecule has 0 saturated heterocycles. The number of ketones is 2. The number of nitriles is 1. The molecule has 7 heteroatoms. The van der Waals surface area contributed by atoms with Crippen molar-refractivity contribution in [3.8, 4) is 6.07 Å². The van der Waals surface area contributed by atoms with Crippen molar-refractivity contribution in [2.24, 2.45) is 5.92 Å². The second-order valence-corrected chi connectivity index (χ2v) is 7.13. The number of carbonyl (C=O) groups excluding carboxylic acids is 3. The van der Waals surface area contributed by atoms with Gasteiger partial charge in [-0.05, 0) is 36.8 Å². The average molecular weight is 451 g/mol. The standard InChI is InChI=1S/C22H15BrN2O4/c1-13(26)17(12-24)22(28)25-20-16-11-15(23)8-10-19(16)29-21(20)18(27)9-7-14-5-3-2-4-6-14/h2-11,17H,1H3,(H,25,28)/b9-7+. The van der Waals surface area contributed by atoms with E-state index in [9.17, 15) is 14.4 Å². The normalized spacial score (nSPS) is 11.9. The molecule has 1 unspecified atom stereocenters. The van der Waals surface area contributed by atoms with Crippen LogP contribution in [0.1, 0.15) is 23.0 Å². The highest BCUT2D eigenvalue weighted by molar-refractivity contribution is 9.10. The fourth-order valence-electron chi connectivity index (χ4n) is 2.71. The molecule has 1 atom stereocenters. The van der Waals surface area contributed by atoms with Crippen molar-refractivity contribution < 1.29 is 18.8 Å². The van der Waals surface area contributed by atoms with Crippen molar-refractivity contribution in [1.29, 1.82) is 5.26 Å². The first-order chi connectivity index (χ1) is 13.9. The SMILES string of the molecule is CC(=O)C(C#N)C(=O)Nc1c(C(=O)/C=C/c2ccccc2)oc2ccc(Br)cc12. The number of nitrogens with one attached hydrogen (secondary N) is 1. The second kappa shape index (κ2) is 8.67. The highest BCUT2D eigenvalue weighted by atomic mass is 79.9. The Bertz CT molecular complexity index is 1170. The van der Waals surface area contributed by atoms with Crippen LogP contribution < -0.4 is 5.32 Å². The fraction of sp³-hybridized carbons (Fsp3) is 0.0909. The molecule has 2 aromatic carbocycles. The van der Waals surface area contributed by atoms with E-state index in [1.807, 2.05) is 30.3 Å². The van der Waals surface area contributed by atoms with E-state index >= 15 is 0 Å². The number of allylic oxidation sites excluding steroid dienone is 1.